The SMILES string of the molecule is O=Cc1c(Sc2nc3ccccc3[nH]2)nc2sccn12. The molecule has 0 aliphatic carbocycles. The Labute approximate surface area is 121 Å². The maximum atomic E-state index is 11.3. The summed E-state index contributed by atoms with van der Waals surface area (Å²) >= 11 is 2.87. The Morgan fingerprint density at radius 3 is 3.05 bits per heavy atom. The zero-order chi connectivity index (χ0) is 13.5. The number of aldehydes is 1. The Kier molecular flexibility index (Phi) is 2.61. The van der Waals surface area contributed by atoms with Crippen molar-refractivity contribution in [3.8, 4) is 0 Å². The first kappa shape index (κ1) is 11.7. The molecule has 1 aromatic carbocycles. The van der Waals surface area contributed by atoms with Crippen LogP contribution in [0.15, 0.2) is 46.0 Å². The van der Waals surface area contributed by atoms with Gasteiger partial charge in [0.1, 0.15) is 10.7 Å². The minimum atomic E-state index is 0.562. The molecule has 20 heavy (non-hydrogen) atoms. The fourth-order valence-corrected chi connectivity index (χ4v) is 3.69. The number of thiazole rings is 1. The van der Waals surface area contributed by atoms with Gasteiger partial charge in [-0.1, -0.05) is 12.1 Å². The van der Waals surface area contributed by atoms with Crippen molar-refractivity contribution in [1.82, 2.24) is 19.4 Å². The molecule has 0 atom stereocenters. The number of carbonyl (C=O) groups excluding carboxylic acids is 1. The van der Waals surface area contributed by atoms with Crippen LogP contribution < -0.4 is 0 Å². The summed E-state index contributed by atoms with van der Waals surface area (Å²) in [5.41, 5.74) is 2.44. The first-order valence-electron chi connectivity index (χ1n) is 5.88. The lowest BCUT2D eigenvalue weighted by Gasteiger charge is -1.93. The van der Waals surface area contributed by atoms with Crippen LogP contribution in [0.5, 0.6) is 0 Å². The van der Waals surface area contributed by atoms with E-state index in [1.807, 2.05) is 35.8 Å². The third-order valence-corrected chi connectivity index (χ3v) is 4.58. The average molecular weight is 300 g/mol. The molecule has 0 aliphatic heterocycles. The third-order valence-electron chi connectivity index (χ3n) is 2.94. The zero-order valence-electron chi connectivity index (χ0n) is 10.1. The van der Waals surface area contributed by atoms with E-state index in [2.05, 4.69) is 15.0 Å². The molecule has 0 fully saturated rings. The van der Waals surface area contributed by atoms with Gasteiger partial charge >= 0.3 is 0 Å². The molecule has 0 saturated heterocycles. The summed E-state index contributed by atoms with van der Waals surface area (Å²) in [6.45, 7) is 0. The number of aromatic amines is 1. The highest BCUT2D eigenvalue weighted by molar-refractivity contribution is 7.99. The van der Waals surface area contributed by atoms with Crippen molar-refractivity contribution in [2.24, 2.45) is 0 Å². The van der Waals surface area contributed by atoms with E-state index in [1.54, 1.807) is 4.40 Å². The summed E-state index contributed by atoms with van der Waals surface area (Å²) in [5.74, 6) is 0. The fraction of sp³-hybridized carbons (Fsp3) is 0. The van der Waals surface area contributed by atoms with Crippen LogP contribution in [0.3, 0.4) is 0 Å². The summed E-state index contributed by atoms with van der Waals surface area (Å²) in [6.07, 6.45) is 2.68. The number of nitrogens with one attached hydrogen (secondary N) is 1. The lowest BCUT2D eigenvalue weighted by Crippen LogP contribution is -1.88. The monoisotopic (exact) mass is 300 g/mol. The van der Waals surface area contributed by atoms with E-state index >= 15 is 0 Å². The number of hydrogen-bond acceptors (Lipinski definition) is 5. The van der Waals surface area contributed by atoms with Gasteiger partial charge in [0.15, 0.2) is 16.4 Å². The third kappa shape index (κ3) is 1.75. The van der Waals surface area contributed by atoms with Gasteiger partial charge in [-0.15, -0.1) is 11.3 Å². The first-order chi connectivity index (χ1) is 9.85. The molecule has 0 aliphatic rings. The van der Waals surface area contributed by atoms with E-state index in [1.165, 1.54) is 23.1 Å². The number of rotatable bonds is 3. The molecular weight excluding hydrogens is 292 g/mol. The van der Waals surface area contributed by atoms with Crippen LogP contribution in [0.1, 0.15) is 10.5 Å². The summed E-state index contributed by atoms with van der Waals surface area (Å²) in [5, 5.41) is 3.32. The Bertz CT molecular complexity index is 888. The minimum Gasteiger partial charge on any atom is -0.333 e. The van der Waals surface area contributed by atoms with Gasteiger partial charge in [-0.3, -0.25) is 9.20 Å². The molecule has 7 heteroatoms. The van der Waals surface area contributed by atoms with Crippen LogP contribution >= 0.6 is 23.1 Å². The fourth-order valence-electron chi connectivity index (χ4n) is 2.04. The number of para-hydroxylation sites is 2. The maximum absolute atomic E-state index is 11.3. The standard InChI is InChI=1S/C13H8N4OS2/c18-7-10-11(16-13-17(10)5-6-19-13)20-12-14-8-3-1-2-4-9(8)15-12/h1-7H,(H,14,15). The zero-order valence-corrected chi connectivity index (χ0v) is 11.7. The van der Waals surface area contributed by atoms with Crippen molar-refractivity contribution in [3.05, 3.63) is 41.5 Å². The van der Waals surface area contributed by atoms with E-state index in [0.29, 0.717) is 10.7 Å². The van der Waals surface area contributed by atoms with E-state index < -0.39 is 0 Å². The van der Waals surface area contributed by atoms with Crippen molar-refractivity contribution >= 4 is 45.4 Å². The molecule has 3 heterocycles. The number of imidazole rings is 2. The Balaban J connectivity index is 1.79. The highest BCUT2D eigenvalue weighted by Crippen LogP contribution is 2.30. The molecule has 0 saturated carbocycles. The molecule has 4 aromatic rings. The quantitative estimate of drug-likeness (QED) is 0.590. The van der Waals surface area contributed by atoms with Crippen LogP contribution in [-0.4, -0.2) is 25.6 Å². The molecule has 0 amide bonds. The molecular formula is C13H8N4OS2. The molecule has 0 radical (unpaired) electrons. The molecule has 0 unspecified atom stereocenters. The van der Waals surface area contributed by atoms with Gasteiger partial charge in [0, 0.05) is 11.6 Å². The number of carbonyl (C=O) groups is 1. The number of nitrogens with zero attached hydrogens (tertiary/aromatic N) is 3. The van der Waals surface area contributed by atoms with E-state index in [-0.39, 0.29) is 0 Å². The largest absolute Gasteiger partial charge is 0.333 e. The summed E-state index contributed by atoms with van der Waals surface area (Å²) in [6, 6.07) is 7.82. The van der Waals surface area contributed by atoms with Crippen molar-refractivity contribution in [1.29, 1.82) is 0 Å². The van der Waals surface area contributed by atoms with Gasteiger partial charge < -0.3 is 4.98 Å². The molecule has 3 aromatic heterocycles. The van der Waals surface area contributed by atoms with E-state index in [4.69, 9.17) is 0 Å². The lowest BCUT2D eigenvalue weighted by molar-refractivity contribution is 0.111. The number of benzene rings is 1. The molecule has 1 N–H and O–H groups in total. The van der Waals surface area contributed by atoms with Crippen LogP contribution in [-0.2, 0) is 0 Å². The summed E-state index contributed by atoms with van der Waals surface area (Å²) < 4.78 is 1.79. The Hall–Kier alpha value is -2.12. The van der Waals surface area contributed by atoms with Crippen molar-refractivity contribution in [2.75, 3.05) is 0 Å². The molecule has 5 nitrogen and oxygen atoms in total. The lowest BCUT2D eigenvalue weighted by atomic mass is 10.3. The highest BCUT2D eigenvalue weighted by atomic mass is 32.2. The predicted octanol–water partition coefficient (Wildman–Crippen LogP) is 3.24. The van der Waals surface area contributed by atoms with Crippen molar-refractivity contribution in [3.63, 3.8) is 0 Å². The number of fused-ring (bicyclic) bond motifs is 2. The second-order valence-corrected chi connectivity index (χ2v) is 5.99. The van der Waals surface area contributed by atoms with Crippen molar-refractivity contribution < 1.29 is 4.79 Å². The number of hydrogen-bond donors (Lipinski definition) is 1. The van der Waals surface area contributed by atoms with Crippen LogP contribution in [0.2, 0.25) is 0 Å². The molecule has 4 rings (SSSR count). The van der Waals surface area contributed by atoms with Gasteiger partial charge in [0.05, 0.1) is 11.0 Å². The normalized spacial score (nSPS) is 11.4. The predicted molar refractivity (Wildman–Crippen MR) is 78.7 cm³/mol. The van der Waals surface area contributed by atoms with Gasteiger partial charge in [-0.25, -0.2) is 9.97 Å². The summed E-state index contributed by atoms with van der Waals surface area (Å²) in [4.78, 5) is 24.2. The second-order valence-electron chi connectivity index (χ2n) is 4.14. The first-order valence-corrected chi connectivity index (χ1v) is 7.58. The Morgan fingerprint density at radius 2 is 2.20 bits per heavy atom. The van der Waals surface area contributed by atoms with E-state index in [0.717, 1.165) is 27.4 Å². The number of aromatic nitrogens is 4. The number of H-pyrrole nitrogens is 1. The summed E-state index contributed by atoms with van der Waals surface area (Å²) in [7, 11) is 0. The van der Waals surface area contributed by atoms with Crippen LogP contribution in [0.25, 0.3) is 16.0 Å². The van der Waals surface area contributed by atoms with Gasteiger partial charge in [0.2, 0.25) is 0 Å². The maximum Gasteiger partial charge on any atom is 0.195 e. The van der Waals surface area contributed by atoms with Crippen LogP contribution in [0, 0.1) is 0 Å². The molecule has 98 valence electrons. The van der Waals surface area contributed by atoms with Gasteiger partial charge in [-0.2, -0.15) is 0 Å². The van der Waals surface area contributed by atoms with Crippen LogP contribution in [0.4, 0.5) is 0 Å². The average Bonchev–Trinajstić information content (AvgIpc) is 3.11. The topological polar surface area (TPSA) is 63.0 Å². The van der Waals surface area contributed by atoms with Gasteiger partial charge in [-0.05, 0) is 23.9 Å². The molecule has 0 spiro atoms. The second kappa shape index (κ2) is 4.46. The van der Waals surface area contributed by atoms with E-state index in [9.17, 15) is 4.79 Å². The molecule has 0 bridgehead atoms. The minimum absolute atomic E-state index is 0.562. The Morgan fingerprint density at radius 1 is 1.30 bits per heavy atom. The smallest absolute Gasteiger partial charge is 0.195 e. The van der Waals surface area contributed by atoms with Crippen molar-refractivity contribution in [2.45, 2.75) is 10.2 Å². The van der Waals surface area contributed by atoms with Gasteiger partial charge in [0.25, 0.3) is 0 Å². The highest BCUT2D eigenvalue weighted by Gasteiger charge is 2.15.